The van der Waals surface area contributed by atoms with E-state index in [1.54, 1.807) is 25.2 Å². The van der Waals surface area contributed by atoms with Gasteiger partial charge in [0.05, 0.1) is 13.2 Å². The van der Waals surface area contributed by atoms with Gasteiger partial charge in [0.1, 0.15) is 0 Å². The predicted molar refractivity (Wildman–Crippen MR) is 68.5 cm³/mol. The zero-order chi connectivity index (χ0) is 13.5. The Morgan fingerprint density at radius 3 is 2.78 bits per heavy atom. The van der Waals surface area contributed by atoms with Crippen molar-refractivity contribution in [1.82, 2.24) is 10.2 Å². The van der Waals surface area contributed by atoms with E-state index in [2.05, 4.69) is 5.32 Å². The topological polar surface area (TPSA) is 69.6 Å². The Morgan fingerprint density at radius 2 is 2.17 bits per heavy atom. The van der Waals surface area contributed by atoms with Gasteiger partial charge in [0, 0.05) is 24.2 Å². The maximum Gasteiger partial charge on any atom is 0.251 e. The lowest BCUT2D eigenvalue weighted by Crippen LogP contribution is -2.39. The molecule has 18 heavy (non-hydrogen) atoms. The maximum atomic E-state index is 11.7. The van der Waals surface area contributed by atoms with E-state index in [1.165, 1.54) is 11.0 Å². The van der Waals surface area contributed by atoms with Gasteiger partial charge in [-0.2, -0.15) is 0 Å². The van der Waals surface area contributed by atoms with Gasteiger partial charge in [-0.3, -0.25) is 9.59 Å². The number of nitrogens with zero attached hydrogens (tertiary/aromatic N) is 1. The standard InChI is InChI=1S/C12H15ClN2O3/c1-15(5-6-16)11(17)8-14-12(18)9-3-2-4-10(13)7-9/h2-4,7,16H,5-6,8H2,1H3,(H,14,18). The van der Waals surface area contributed by atoms with Gasteiger partial charge in [0.25, 0.3) is 5.91 Å². The van der Waals surface area contributed by atoms with E-state index >= 15 is 0 Å². The molecule has 0 aromatic heterocycles. The maximum absolute atomic E-state index is 11.7. The molecule has 0 aliphatic rings. The van der Waals surface area contributed by atoms with Gasteiger partial charge < -0.3 is 15.3 Å². The Balaban J connectivity index is 2.49. The molecule has 0 saturated heterocycles. The molecule has 0 radical (unpaired) electrons. The van der Waals surface area contributed by atoms with Gasteiger partial charge in [-0.1, -0.05) is 17.7 Å². The molecule has 2 N–H and O–H groups in total. The molecule has 5 nitrogen and oxygen atoms in total. The first-order chi connectivity index (χ1) is 8.54. The van der Waals surface area contributed by atoms with Crippen molar-refractivity contribution < 1.29 is 14.7 Å². The highest BCUT2D eigenvalue weighted by molar-refractivity contribution is 6.30. The molecule has 1 aromatic carbocycles. The first-order valence-corrected chi connectivity index (χ1v) is 5.81. The van der Waals surface area contributed by atoms with E-state index in [9.17, 15) is 9.59 Å². The van der Waals surface area contributed by atoms with Crippen LogP contribution in [0.15, 0.2) is 24.3 Å². The SMILES string of the molecule is CN(CCO)C(=O)CNC(=O)c1cccc(Cl)c1. The number of aliphatic hydroxyl groups is 1. The summed E-state index contributed by atoms with van der Waals surface area (Å²) in [6.07, 6.45) is 0. The summed E-state index contributed by atoms with van der Waals surface area (Å²) in [5.41, 5.74) is 0.403. The molecule has 1 rings (SSSR count). The van der Waals surface area contributed by atoms with E-state index in [4.69, 9.17) is 16.7 Å². The normalized spacial score (nSPS) is 9.94. The summed E-state index contributed by atoms with van der Waals surface area (Å²) in [6.45, 7) is 0.0260. The molecule has 0 aliphatic carbocycles. The number of halogens is 1. The van der Waals surface area contributed by atoms with Crippen LogP contribution in [0.4, 0.5) is 0 Å². The molecule has 0 fully saturated rings. The number of rotatable bonds is 5. The van der Waals surface area contributed by atoms with Crippen molar-refractivity contribution in [2.24, 2.45) is 0 Å². The Labute approximate surface area is 110 Å². The number of amides is 2. The lowest BCUT2D eigenvalue weighted by atomic mass is 10.2. The number of carbonyl (C=O) groups excluding carboxylic acids is 2. The van der Waals surface area contributed by atoms with Crippen LogP contribution in [0.25, 0.3) is 0 Å². The van der Waals surface area contributed by atoms with Gasteiger partial charge in [-0.05, 0) is 18.2 Å². The minimum Gasteiger partial charge on any atom is -0.395 e. The van der Waals surface area contributed by atoms with Gasteiger partial charge in [-0.25, -0.2) is 0 Å². The zero-order valence-electron chi connectivity index (χ0n) is 10.0. The van der Waals surface area contributed by atoms with Crippen LogP contribution in [0.1, 0.15) is 10.4 Å². The molecule has 0 spiro atoms. The molecule has 0 atom stereocenters. The second-order valence-corrected chi connectivity index (χ2v) is 4.17. The van der Waals surface area contributed by atoms with Gasteiger partial charge in [0.2, 0.25) is 5.91 Å². The first-order valence-electron chi connectivity index (χ1n) is 5.43. The second-order valence-electron chi connectivity index (χ2n) is 3.73. The highest BCUT2D eigenvalue weighted by Gasteiger charge is 2.11. The average Bonchev–Trinajstić information content (AvgIpc) is 2.35. The van der Waals surface area contributed by atoms with Crippen LogP contribution in [0.3, 0.4) is 0 Å². The molecule has 0 bridgehead atoms. The van der Waals surface area contributed by atoms with E-state index in [-0.39, 0.29) is 31.5 Å². The van der Waals surface area contributed by atoms with E-state index in [1.807, 2.05) is 0 Å². The summed E-state index contributed by atoms with van der Waals surface area (Å²) in [4.78, 5) is 24.5. The number of benzene rings is 1. The highest BCUT2D eigenvalue weighted by Crippen LogP contribution is 2.10. The Kier molecular flexibility index (Phi) is 5.61. The minimum absolute atomic E-state index is 0.107. The number of hydrogen-bond acceptors (Lipinski definition) is 3. The van der Waals surface area contributed by atoms with Crippen molar-refractivity contribution in [3.05, 3.63) is 34.9 Å². The average molecular weight is 271 g/mol. The fourth-order valence-corrected chi connectivity index (χ4v) is 1.49. The van der Waals surface area contributed by atoms with Crippen molar-refractivity contribution in [2.45, 2.75) is 0 Å². The Bertz CT molecular complexity index is 437. The van der Waals surface area contributed by atoms with Crippen LogP contribution >= 0.6 is 11.6 Å². The summed E-state index contributed by atoms with van der Waals surface area (Å²) in [5, 5.41) is 11.6. The van der Waals surface area contributed by atoms with E-state index in [0.29, 0.717) is 10.6 Å². The first kappa shape index (κ1) is 14.5. The third-order valence-corrected chi connectivity index (χ3v) is 2.58. The number of likely N-dealkylation sites (N-methyl/N-ethyl adjacent to an activating group) is 1. The van der Waals surface area contributed by atoms with E-state index < -0.39 is 0 Å². The van der Waals surface area contributed by atoms with Crippen molar-refractivity contribution in [3.8, 4) is 0 Å². The molecular formula is C12H15ClN2O3. The Hall–Kier alpha value is -1.59. The van der Waals surface area contributed by atoms with Gasteiger partial charge in [0.15, 0.2) is 0 Å². The Morgan fingerprint density at radius 1 is 1.44 bits per heavy atom. The largest absolute Gasteiger partial charge is 0.395 e. The summed E-state index contributed by atoms with van der Waals surface area (Å²) in [5.74, 6) is -0.623. The molecule has 0 saturated carbocycles. The molecule has 6 heteroatoms. The van der Waals surface area contributed by atoms with Crippen LogP contribution in [-0.2, 0) is 4.79 Å². The van der Waals surface area contributed by atoms with Gasteiger partial charge in [-0.15, -0.1) is 0 Å². The molecule has 2 amide bonds. The molecular weight excluding hydrogens is 256 g/mol. The molecule has 0 unspecified atom stereocenters. The quantitative estimate of drug-likeness (QED) is 0.820. The summed E-state index contributed by atoms with van der Waals surface area (Å²) in [7, 11) is 1.56. The van der Waals surface area contributed by atoms with Crippen molar-refractivity contribution >= 4 is 23.4 Å². The number of carbonyl (C=O) groups is 2. The summed E-state index contributed by atoms with van der Waals surface area (Å²) < 4.78 is 0. The number of nitrogens with one attached hydrogen (secondary N) is 1. The lowest BCUT2D eigenvalue weighted by molar-refractivity contribution is -0.129. The van der Waals surface area contributed by atoms with Crippen molar-refractivity contribution in [3.63, 3.8) is 0 Å². The molecule has 98 valence electrons. The zero-order valence-corrected chi connectivity index (χ0v) is 10.8. The predicted octanol–water partition coefficient (Wildman–Crippen LogP) is 0.521. The third kappa shape index (κ3) is 4.35. The van der Waals surface area contributed by atoms with Crippen LogP contribution < -0.4 is 5.32 Å². The minimum atomic E-state index is -0.358. The van der Waals surface area contributed by atoms with Crippen LogP contribution in [0.5, 0.6) is 0 Å². The fraction of sp³-hybridized carbons (Fsp3) is 0.333. The van der Waals surface area contributed by atoms with Crippen LogP contribution in [0, 0.1) is 0 Å². The van der Waals surface area contributed by atoms with Crippen molar-refractivity contribution in [1.29, 1.82) is 0 Å². The smallest absolute Gasteiger partial charge is 0.251 e. The summed E-state index contributed by atoms with van der Waals surface area (Å²) >= 11 is 5.76. The lowest BCUT2D eigenvalue weighted by Gasteiger charge is -2.15. The number of hydrogen-bond donors (Lipinski definition) is 2. The van der Waals surface area contributed by atoms with Crippen molar-refractivity contribution in [2.75, 3.05) is 26.7 Å². The monoisotopic (exact) mass is 270 g/mol. The number of aliphatic hydroxyl groups excluding tert-OH is 1. The summed E-state index contributed by atoms with van der Waals surface area (Å²) in [6, 6.07) is 6.47. The molecule has 0 heterocycles. The molecule has 1 aromatic rings. The van der Waals surface area contributed by atoms with Crippen LogP contribution in [0.2, 0.25) is 5.02 Å². The highest BCUT2D eigenvalue weighted by atomic mass is 35.5. The third-order valence-electron chi connectivity index (χ3n) is 2.35. The fourth-order valence-electron chi connectivity index (χ4n) is 1.30. The second kappa shape index (κ2) is 6.98. The van der Waals surface area contributed by atoms with E-state index in [0.717, 1.165) is 0 Å². The van der Waals surface area contributed by atoms with Gasteiger partial charge >= 0.3 is 0 Å². The molecule has 0 aliphatic heterocycles. The van der Waals surface area contributed by atoms with Crippen LogP contribution in [-0.4, -0.2) is 48.6 Å².